The lowest BCUT2D eigenvalue weighted by atomic mass is 10.1. The zero-order valence-electron chi connectivity index (χ0n) is 15.8. The zero-order chi connectivity index (χ0) is 19.9. The van der Waals surface area contributed by atoms with E-state index in [0.717, 1.165) is 42.8 Å². The van der Waals surface area contributed by atoms with E-state index < -0.39 is 11.9 Å². The number of aryl methyl sites for hydroxylation is 1. The fourth-order valence-electron chi connectivity index (χ4n) is 3.74. The molecule has 2 aliphatic rings. The van der Waals surface area contributed by atoms with Gasteiger partial charge in [-0.15, -0.1) is 0 Å². The Morgan fingerprint density at radius 3 is 2.64 bits per heavy atom. The first kappa shape index (κ1) is 19.1. The van der Waals surface area contributed by atoms with Crippen LogP contribution in [0.4, 0.5) is 13.2 Å². The molecule has 0 amide bonds. The van der Waals surface area contributed by atoms with E-state index >= 15 is 0 Å². The standard InChI is InChI=1S/C20H23F3N4O/c1-2-18-25-16-7-8-26(10-13-3-4-13)12-15(16)19(28)27(18)11-14-5-6-17(24-9-14)20(21,22)23/h5-6,9,13H,2-4,7-8,10-12H2,1H3. The summed E-state index contributed by atoms with van der Waals surface area (Å²) < 4.78 is 39.7. The summed E-state index contributed by atoms with van der Waals surface area (Å²) in [6.45, 7) is 4.66. The molecule has 28 heavy (non-hydrogen) atoms. The van der Waals surface area contributed by atoms with Crippen LogP contribution in [0.3, 0.4) is 0 Å². The lowest BCUT2D eigenvalue weighted by molar-refractivity contribution is -0.141. The van der Waals surface area contributed by atoms with E-state index in [1.54, 1.807) is 4.57 Å². The van der Waals surface area contributed by atoms with Gasteiger partial charge in [-0.25, -0.2) is 4.98 Å². The van der Waals surface area contributed by atoms with Gasteiger partial charge in [-0.2, -0.15) is 13.2 Å². The van der Waals surface area contributed by atoms with Crippen molar-refractivity contribution in [2.75, 3.05) is 13.1 Å². The van der Waals surface area contributed by atoms with Gasteiger partial charge in [-0.3, -0.25) is 19.2 Å². The number of hydrogen-bond acceptors (Lipinski definition) is 4. The number of aromatic nitrogens is 3. The third-order valence-corrected chi connectivity index (χ3v) is 5.46. The molecule has 0 saturated heterocycles. The Balaban J connectivity index is 1.62. The first-order valence-electron chi connectivity index (χ1n) is 9.71. The van der Waals surface area contributed by atoms with Gasteiger partial charge in [-0.05, 0) is 30.4 Å². The second kappa shape index (κ2) is 7.31. The van der Waals surface area contributed by atoms with Crippen LogP contribution in [0, 0.1) is 5.92 Å². The van der Waals surface area contributed by atoms with Crippen LogP contribution in [0.5, 0.6) is 0 Å². The van der Waals surface area contributed by atoms with E-state index in [1.165, 1.54) is 25.1 Å². The molecule has 0 atom stereocenters. The van der Waals surface area contributed by atoms with E-state index in [-0.39, 0.29) is 12.1 Å². The van der Waals surface area contributed by atoms with Gasteiger partial charge in [0.1, 0.15) is 11.5 Å². The molecule has 8 heteroatoms. The molecular formula is C20H23F3N4O. The summed E-state index contributed by atoms with van der Waals surface area (Å²) in [4.78, 5) is 23.7. The van der Waals surface area contributed by atoms with Crippen LogP contribution in [-0.4, -0.2) is 32.5 Å². The minimum Gasteiger partial charge on any atom is -0.298 e. The Labute approximate surface area is 161 Å². The van der Waals surface area contributed by atoms with E-state index in [2.05, 4.69) is 9.88 Å². The fourth-order valence-corrected chi connectivity index (χ4v) is 3.74. The van der Waals surface area contributed by atoms with Crippen molar-refractivity contribution < 1.29 is 13.2 Å². The maximum Gasteiger partial charge on any atom is 0.433 e. The van der Waals surface area contributed by atoms with Crippen molar-refractivity contribution in [3.8, 4) is 0 Å². The maximum atomic E-state index is 13.2. The number of hydrogen-bond donors (Lipinski definition) is 0. The van der Waals surface area contributed by atoms with E-state index in [9.17, 15) is 18.0 Å². The largest absolute Gasteiger partial charge is 0.433 e. The van der Waals surface area contributed by atoms with Crippen molar-refractivity contribution in [1.82, 2.24) is 19.4 Å². The van der Waals surface area contributed by atoms with Crippen LogP contribution in [0.15, 0.2) is 23.1 Å². The topological polar surface area (TPSA) is 51.0 Å². The number of pyridine rings is 1. The molecule has 1 aliphatic carbocycles. The molecule has 0 radical (unpaired) electrons. The molecule has 4 rings (SSSR count). The lowest BCUT2D eigenvalue weighted by Gasteiger charge is -2.28. The Morgan fingerprint density at radius 2 is 2.04 bits per heavy atom. The molecule has 0 unspecified atom stereocenters. The molecule has 0 bridgehead atoms. The summed E-state index contributed by atoms with van der Waals surface area (Å²) in [6.07, 6.45) is 0.605. The first-order valence-corrected chi connectivity index (χ1v) is 9.71. The zero-order valence-corrected chi connectivity index (χ0v) is 15.8. The summed E-state index contributed by atoms with van der Waals surface area (Å²) in [7, 11) is 0. The number of nitrogens with zero attached hydrogens (tertiary/aromatic N) is 4. The second-order valence-electron chi connectivity index (χ2n) is 7.68. The monoisotopic (exact) mass is 392 g/mol. The average Bonchev–Trinajstić information content (AvgIpc) is 3.48. The lowest BCUT2D eigenvalue weighted by Crippen LogP contribution is -2.40. The van der Waals surface area contributed by atoms with Gasteiger partial charge in [0.2, 0.25) is 0 Å². The molecule has 0 spiro atoms. The molecule has 1 aliphatic heterocycles. The van der Waals surface area contributed by atoms with Gasteiger partial charge in [0.15, 0.2) is 0 Å². The van der Waals surface area contributed by atoms with Crippen molar-refractivity contribution in [3.63, 3.8) is 0 Å². The molecule has 5 nitrogen and oxygen atoms in total. The number of halogens is 3. The molecule has 3 heterocycles. The van der Waals surface area contributed by atoms with Crippen molar-refractivity contribution in [1.29, 1.82) is 0 Å². The molecule has 1 fully saturated rings. The third kappa shape index (κ3) is 3.97. The van der Waals surface area contributed by atoms with Gasteiger partial charge in [0.25, 0.3) is 5.56 Å². The van der Waals surface area contributed by atoms with Crippen molar-refractivity contribution in [2.24, 2.45) is 5.92 Å². The average molecular weight is 392 g/mol. The van der Waals surface area contributed by atoms with E-state index in [4.69, 9.17) is 4.98 Å². The first-order chi connectivity index (χ1) is 13.3. The summed E-state index contributed by atoms with van der Waals surface area (Å²) in [5, 5.41) is 0. The quantitative estimate of drug-likeness (QED) is 0.785. The smallest absolute Gasteiger partial charge is 0.298 e. The van der Waals surface area contributed by atoms with Crippen LogP contribution in [0.25, 0.3) is 0 Å². The van der Waals surface area contributed by atoms with Crippen LogP contribution in [0.1, 0.15) is 48.1 Å². The minimum atomic E-state index is -4.47. The van der Waals surface area contributed by atoms with Crippen molar-refractivity contribution in [3.05, 3.63) is 57.0 Å². The molecule has 0 N–H and O–H groups in total. The van der Waals surface area contributed by atoms with E-state index in [0.29, 0.717) is 24.4 Å². The third-order valence-electron chi connectivity index (χ3n) is 5.46. The Hall–Kier alpha value is -2.22. The summed E-state index contributed by atoms with van der Waals surface area (Å²) in [5.74, 6) is 1.42. The van der Waals surface area contributed by atoms with Gasteiger partial charge >= 0.3 is 6.18 Å². The van der Waals surface area contributed by atoms with Gasteiger partial charge in [-0.1, -0.05) is 13.0 Å². The van der Waals surface area contributed by atoms with Gasteiger partial charge in [0.05, 0.1) is 17.8 Å². The number of rotatable bonds is 5. The molecule has 2 aromatic heterocycles. The Morgan fingerprint density at radius 1 is 1.25 bits per heavy atom. The van der Waals surface area contributed by atoms with Crippen LogP contribution < -0.4 is 5.56 Å². The molecule has 0 aromatic carbocycles. The number of alkyl halides is 3. The van der Waals surface area contributed by atoms with Crippen LogP contribution in [-0.2, 0) is 32.1 Å². The Kier molecular flexibility index (Phi) is 4.99. The molecular weight excluding hydrogens is 369 g/mol. The highest BCUT2D eigenvalue weighted by Crippen LogP contribution is 2.31. The Bertz CT molecular complexity index is 917. The van der Waals surface area contributed by atoms with Crippen LogP contribution in [0.2, 0.25) is 0 Å². The highest BCUT2D eigenvalue weighted by molar-refractivity contribution is 5.24. The highest BCUT2D eigenvalue weighted by Gasteiger charge is 2.32. The predicted octanol–water partition coefficient (Wildman–Crippen LogP) is 3.04. The molecule has 1 saturated carbocycles. The molecule has 150 valence electrons. The maximum absolute atomic E-state index is 13.2. The van der Waals surface area contributed by atoms with Crippen molar-refractivity contribution in [2.45, 2.75) is 51.9 Å². The van der Waals surface area contributed by atoms with E-state index in [1.807, 2.05) is 6.92 Å². The van der Waals surface area contributed by atoms with Gasteiger partial charge in [0, 0.05) is 38.7 Å². The molecule has 2 aromatic rings. The predicted molar refractivity (Wildman–Crippen MR) is 97.9 cm³/mol. The minimum absolute atomic E-state index is 0.0813. The summed E-state index contributed by atoms with van der Waals surface area (Å²) in [5.41, 5.74) is 1.14. The van der Waals surface area contributed by atoms with Crippen LogP contribution >= 0.6 is 0 Å². The highest BCUT2D eigenvalue weighted by atomic mass is 19.4. The summed E-state index contributed by atoms with van der Waals surface area (Å²) >= 11 is 0. The summed E-state index contributed by atoms with van der Waals surface area (Å²) in [6, 6.07) is 2.33. The second-order valence-corrected chi connectivity index (χ2v) is 7.68. The number of fused-ring (bicyclic) bond motifs is 1. The normalized spacial score (nSPS) is 17.6. The van der Waals surface area contributed by atoms with Crippen molar-refractivity contribution >= 4 is 0 Å². The van der Waals surface area contributed by atoms with Gasteiger partial charge < -0.3 is 0 Å². The SMILES string of the molecule is CCc1nc2c(c(=O)n1Cc1ccc(C(F)(F)F)nc1)CN(CC1CC1)CC2. The fraction of sp³-hybridized carbons (Fsp3) is 0.550.